The average molecular weight is 241 g/mol. The SMILES string of the molecule is CC(CNCC1CCOCC1)N1CCNCC1. The fourth-order valence-electron chi connectivity index (χ4n) is 2.70. The monoisotopic (exact) mass is 241 g/mol. The lowest BCUT2D eigenvalue weighted by atomic mass is 10.0. The van der Waals surface area contributed by atoms with Gasteiger partial charge in [-0.05, 0) is 32.2 Å². The van der Waals surface area contributed by atoms with Crippen LogP contribution >= 0.6 is 0 Å². The van der Waals surface area contributed by atoms with Gasteiger partial charge in [0.05, 0.1) is 0 Å². The Morgan fingerprint density at radius 1 is 1.29 bits per heavy atom. The second-order valence-corrected chi connectivity index (χ2v) is 5.35. The maximum Gasteiger partial charge on any atom is 0.0469 e. The van der Waals surface area contributed by atoms with Crippen molar-refractivity contribution in [2.45, 2.75) is 25.8 Å². The van der Waals surface area contributed by atoms with Crippen LogP contribution in [-0.2, 0) is 4.74 Å². The van der Waals surface area contributed by atoms with Crippen molar-refractivity contribution >= 4 is 0 Å². The zero-order valence-corrected chi connectivity index (χ0v) is 11.1. The number of nitrogens with zero attached hydrogens (tertiary/aromatic N) is 1. The first kappa shape index (κ1) is 13.3. The number of ether oxygens (including phenoxy) is 1. The van der Waals surface area contributed by atoms with Crippen LogP contribution in [-0.4, -0.2) is 63.4 Å². The van der Waals surface area contributed by atoms with Crippen LogP contribution < -0.4 is 10.6 Å². The molecule has 2 rings (SSSR count). The van der Waals surface area contributed by atoms with E-state index in [-0.39, 0.29) is 0 Å². The molecule has 1 atom stereocenters. The highest BCUT2D eigenvalue weighted by atomic mass is 16.5. The van der Waals surface area contributed by atoms with E-state index in [1.54, 1.807) is 0 Å². The van der Waals surface area contributed by atoms with Crippen molar-refractivity contribution in [1.29, 1.82) is 0 Å². The Kier molecular flexibility index (Phi) is 5.71. The molecule has 2 saturated heterocycles. The van der Waals surface area contributed by atoms with Gasteiger partial charge in [0.25, 0.3) is 0 Å². The minimum absolute atomic E-state index is 0.664. The summed E-state index contributed by atoms with van der Waals surface area (Å²) in [4.78, 5) is 2.58. The highest BCUT2D eigenvalue weighted by molar-refractivity contribution is 4.76. The summed E-state index contributed by atoms with van der Waals surface area (Å²) in [5, 5.41) is 7.04. The zero-order valence-electron chi connectivity index (χ0n) is 11.1. The summed E-state index contributed by atoms with van der Waals surface area (Å²) in [7, 11) is 0. The van der Waals surface area contributed by atoms with Crippen molar-refractivity contribution in [1.82, 2.24) is 15.5 Å². The van der Waals surface area contributed by atoms with Crippen molar-refractivity contribution in [2.24, 2.45) is 5.92 Å². The quantitative estimate of drug-likeness (QED) is 0.726. The van der Waals surface area contributed by atoms with Crippen LogP contribution in [0, 0.1) is 5.92 Å². The first-order valence-corrected chi connectivity index (χ1v) is 7.09. The van der Waals surface area contributed by atoms with E-state index in [1.165, 1.54) is 32.5 Å². The molecule has 0 amide bonds. The zero-order chi connectivity index (χ0) is 11.9. The molecule has 4 heteroatoms. The van der Waals surface area contributed by atoms with Gasteiger partial charge in [-0.1, -0.05) is 0 Å². The summed E-state index contributed by atoms with van der Waals surface area (Å²) in [5.74, 6) is 0.832. The topological polar surface area (TPSA) is 36.5 Å². The van der Waals surface area contributed by atoms with Crippen LogP contribution in [0.4, 0.5) is 0 Å². The highest BCUT2D eigenvalue weighted by Gasteiger charge is 2.17. The first-order valence-electron chi connectivity index (χ1n) is 7.09. The van der Waals surface area contributed by atoms with Gasteiger partial charge < -0.3 is 15.4 Å². The van der Waals surface area contributed by atoms with Crippen molar-refractivity contribution in [3.8, 4) is 0 Å². The minimum atomic E-state index is 0.664. The molecular weight excluding hydrogens is 214 g/mol. The Balaban J connectivity index is 1.57. The molecule has 0 aromatic rings. The summed E-state index contributed by atoms with van der Waals surface area (Å²) in [6.07, 6.45) is 2.46. The van der Waals surface area contributed by atoms with Crippen LogP contribution in [0.3, 0.4) is 0 Å². The normalized spacial score (nSPS) is 25.9. The molecule has 0 spiro atoms. The molecule has 17 heavy (non-hydrogen) atoms. The Morgan fingerprint density at radius 3 is 2.71 bits per heavy atom. The van der Waals surface area contributed by atoms with Crippen LogP contribution in [0.5, 0.6) is 0 Å². The lowest BCUT2D eigenvalue weighted by Crippen LogP contribution is -2.50. The second kappa shape index (κ2) is 7.31. The van der Waals surface area contributed by atoms with Gasteiger partial charge >= 0.3 is 0 Å². The van der Waals surface area contributed by atoms with Gasteiger partial charge in [0.15, 0.2) is 0 Å². The largest absolute Gasteiger partial charge is 0.381 e. The van der Waals surface area contributed by atoms with Gasteiger partial charge in [0, 0.05) is 52.0 Å². The fraction of sp³-hybridized carbons (Fsp3) is 1.00. The summed E-state index contributed by atoms with van der Waals surface area (Å²) >= 11 is 0. The van der Waals surface area contributed by atoms with E-state index in [0.29, 0.717) is 6.04 Å². The van der Waals surface area contributed by atoms with Crippen LogP contribution in [0.25, 0.3) is 0 Å². The molecule has 0 aromatic carbocycles. The lowest BCUT2D eigenvalue weighted by molar-refractivity contribution is 0.0655. The van der Waals surface area contributed by atoms with Crippen LogP contribution in [0.1, 0.15) is 19.8 Å². The Bertz CT molecular complexity index is 201. The molecule has 4 nitrogen and oxygen atoms in total. The van der Waals surface area contributed by atoms with Gasteiger partial charge in [-0.15, -0.1) is 0 Å². The molecule has 2 fully saturated rings. The van der Waals surface area contributed by atoms with E-state index in [0.717, 1.165) is 38.8 Å². The van der Waals surface area contributed by atoms with Crippen molar-refractivity contribution in [2.75, 3.05) is 52.5 Å². The van der Waals surface area contributed by atoms with E-state index >= 15 is 0 Å². The number of rotatable bonds is 5. The predicted molar refractivity (Wildman–Crippen MR) is 70.3 cm³/mol. The molecule has 2 aliphatic rings. The average Bonchev–Trinajstić information content (AvgIpc) is 2.41. The van der Waals surface area contributed by atoms with E-state index in [1.807, 2.05) is 0 Å². The second-order valence-electron chi connectivity index (χ2n) is 5.35. The van der Waals surface area contributed by atoms with E-state index in [9.17, 15) is 0 Å². The maximum atomic E-state index is 5.38. The minimum Gasteiger partial charge on any atom is -0.381 e. The molecule has 0 saturated carbocycles. The molecule has 0 aliphatic carbocycles. The Hall–Kier alpha value is -0.160. The summed E-state index contributed by atoms with van der Waals surface area (Å²) in [5.41, 5.74) is 0. The molecule has 1 unspecified atom stereocenters. The van der Waals surface area contributed by atoms with Crippen molar-refractivity contribution in [3.05, 3.63) is 0 Å². The number of hydrogen-bond donors (Lipinski definition) is 2. The van der Waals surface area contributed by atoms with Crippen LogP contribution in [0.2, 0.25) is 0 Å². The molecule has 0 radical (unpaired) electrons. The van der Waals surface area contributed by atoms with Crippen molar-refractivity contribution < 1.29 is 4.74 Å². The van der Waals surface area contributed by atoms with Gasteiger partial charge in [-0.2, -0.15) is 0 Å². The molecule has 2 aliphatic heterocycles. The summed E-state index contributed by atoms with van der Waals surface area (Å²) < 4.78 is 5.38. The molecule has 0 bridgehead atoms. The Labute approximate surface area is 105 Å². The first-order chi connectivity index (χ1) is 8.36. The van der Waals surface area contributed by atoms with Gasteiger partial charge in [0.2, 0.25) is 0 Å². The third-order valence-electron chi connectivity index (χ3n) is 3.99. The molecule has 2 N–H and O–H groups in total. The van der Waals surface area contributed by atoms with Gasteiger partial charge in [-0.25, -0.2) is 0 Å². The van der Waals surface area contributed by atoms with Crippen molar-refractivity contribution in [3.63, 3.8) is 0 Å². The Morgan fingerprint density at radius 2 is 2.00 bits per heavy atom. The predicted octanol–water partition coefficient (Wildman–Crippen LogP) is 0.296. The van der Waals surface area contributed by atoms with Gasteiger partial charge in [-0.3, -0.25) is 4.90 Å². The number of hydrogen-bond acceptors (Lipinski definition) is 4. The van der Waals surface area contributed by atoms with Gasteiger partial charge in [0.1, 0.15) is 0 Å². The summed E-state index contributed by atoms with van der Waals surface area (Å²) in [6.45, 7) is 11.2. The van der Waals surface area contributed by atoms with Crippen LogP contribution in [0.15, 0.2) is 0 Å². The maximum absolute atomic E-state index is 5.38. The highest BCUT2D eigenvalue weighted by Crippen LogP contribution is 2.13. The van der Waals surface area contributed by atoms with E-state index in [4.69, 9.17) is 4.74 Å². The number of piperazine rings is 1. The standard InChI is InChI=1S/C13H27N3O/c1-12(16-6-4-14-5-7-16)10-15-11-13-2-8-17-9-3-13/h12-15H,2-11H2,1H3. The smallest absolute Gasteiger partial charge is 0.0469 e. The summed E-state index contributed by atoms with van der Waals surface area (Å²) in [6, 6.07) is 0.664. The van der Waals surface area contributed by atoms with E-state index in [2.05, 4.69) is 22.5 Å². The molecule has 2 heterocycles. The molecular formula is C13H27N3O. The molecule has 0 aromatic heterocycles. The van der Waals surface area contributed by atoms with E-state index < -0.39 is 0 Å². The third kappa shape index (κ3) is 4.54. The number of nitrogens with one attached hydrogen (secondary N) is 2. The third-order valence-corrected chi connectivity index (χ3v) is 3.99. The molecule has 100 valence electrons. The fourth-order valence-corrected chi connectivity index (χ4v) is 2.70. The lowest BCUT2D eigenvalue weighted by Gasteiger charge is -2.33.